The van der Waals surface area contributed by atoms with Crippen LogP contribution in [0.15, 0.2) is 24.4 Å². The number of nitrogens with one attached hydrogen (secondary N) is 1. The average molecular weight is 206 g/mol. The quantitative estimate of drug-likeness (QED) is 0.747. The van der Waals surface area contributed by atoms with Crippen molar-refractivity contribution in [2.75, 3.05) is 13.7 Å². The van der Waals surface area contributed by atoms with Crippen molar-refractivity contribution >= 4 is 10.9 Å². The molecule has 0 fully saturated rings. The van der Waals surface area contributed by atoms with Crippen molar-refractivity contribution in [2.24, 2.45) is 5.90 Å². The largest absolute Gasteiger partial charge is 0.496 e. The second-order valence-corrected chi connectivity index (χ2v) is 3.35. The molecule has 1 aromatic heterocycles. The molecule has 2 aromatic rings. The van der Waals surface area contributed by atoms with Crippen LogP contribution in [0.3, 0.4) is 0 Å². The Balaban J connectivity index is 2.40. The molecular formula is C11H14N2O2. The Kier molecular flexibility index (Phi) is 2.89. The number of methoxy groups -OCH3 is 1. The molecular weight excluding hydrogens is 192 g/mol. The minimum absolute atomic E-state index is 0.489. The standard InChI is InChI=1S/C11H14N2O2/c1-14-11-7-8-2-4-13-10(8)6-9(11)3-5-15-12/h2,4,6-7,13H,3,5,12H2,1H3. The van der Waals surface area contributed by atoms with E-state index in [9.17, 15) is 0 Å². The van der Waals surface area contributed by atoms with E-state index in [0.717, 1.165) is 28.6 Å². The molecule has 0 saturated carbocycles. The second-order valence-electron chi connectivity index (χ2n) is 3.35. The van der Waals surface area contributed by atoms with Crippen LogP contribution >= 0.6 is 0 Å². The van der Waals surface area contributed by atoms with E-state index >= 15 is 0 Å². The molecule has 4 heteroatoms. The number of fused-ring (bicyclic) bond motifs is 1. The molecule has 0 amide bonds. The Bertz CT molecular complexity index is 451. The van der Waals surface area contributed by atoms with Gasteiger partial charge < -0.3 is 14.6 Å². The van der Waals surface area contributed by atoms with Crippen LogP contribution < -0.4 is 10.6 Å². The number of H-pyrrole nitrogens is 1. The van der Waals surface area contributed by atoms with Gasteiger partial charge in [0, 0.05) is 23.5 Å². The molecule has 80 valence electrons. The maximum absolute atomic E-state index is 5.31. The molecule has 0 saturated heterocycles. The fourth-order valence-electron chi connectivity index (χ4n) is 1.68. The Labute approximate surface area is 87.9 Å². The minimum atomic E-state index is 0.489. The SMILES string of the molecule is COc1cc2cc[nH]c2cc1CCON. The zero-order valence-electron chi connectivity index (χ0n) is 8.62. The van der Waals surface area contributed by atoms with Crippen molar-refractivity contribution in [1.82, 2.24) is 4.98 Å². The summed E-state index contributed by atoms with van der Waals surface area (Å²) in [5, 5.41) is 1.14. The van der Waals surface area contributed by atoms with Gasteiger partial charge in [-0.15, -0.1) is 0 Å². The summed E-state index contributed by atoms with van der Waals surface area (Å²) in [6.07, 6.45) is 2.65. The Morgan fingerprint density at radius 3 is 3.00 bits per heavy atom. The lowest BCUT2D eigenvalue weighted by molar-refractivity contribution is 0.140. The van der Waals surface area contributed by atoms with Gasteiger partial charge in [0.1, 0.15) is 5.75 Å². The van der Waals surface area contributed by atoms with Crippen LogP contribution in [0.4, 0.5) is 0 Å². The van der Waals surface area contributed by atoms with Crippen molar-refractivity contribution < 1.29 is 9.57 Å². The summed E-state index contributed by atoms with van der Waals surface area (Å²) in [7, 11) is 1.67. The number of rotatable bonds is 4. The van der Waals surface area contributed by atoms with Gasteiger partial charge in [-0.25, -0.2) is 5.90 Å². The summed E-state index contributed by atoms with van der Waals surface area (Å²) < 4.78 is 5.31. The first-order valence-electron chi connectivity index (χ1n) is 4.81. The highest BCUT2D eigenvalue weighted by molar-refractivity contribution is 5.82. The lowest BCUT2D eigenvalue weighted by atomic mass is 10.1. The normalized spacial score (nSPS) is 10.8. The summed E-state index contributed by atoms with van der Waals surface area (Å²) in [4.78, 5) is 7.73. The molecule has 3 N–H and O–H groups in total. The maximum atomic E-state index is 5.31. The van der Waals surface area contributed by atoms with E-state index in [1.54, 1.807) is 7.11 Å². The van der Waals surface area contributed by atoms with E-state index in [-0.39, 0.29) is 0 Å². The topological polar surface area (TPSA) is 60.3 Å². The number of aromatic nitrogens is 1. The highest BCUT2D eigenvalue weighted by Gasteiger charge is 2.05. The van der Waals surface area contributed by atoms with Crippen molar-refractivity contribution in [3.63, 3.8) is 0 Å². The zero-order chi connectivity index (χ0) is 10.7. The second kappa shape index (κ2) is 4.33. The van der Waals surface area contributed by atoms with E-state index in [0.29, 0.717) is 6.61 Å². The Morgan fingerprint density at radius 1 is 1.40 bits per heavy atom. The summed E-state index contributed by atoms with van der Waals surface area (Å²) >= 11 is 0. The van der Waals surface area contributed by atoms with Crippen LogP contribution in [-0.2, 0) is 11.3 Å². The summed E-state index contributed by atoms with van der Waals surface area (Å²) in [6.45, 7) is 0.489. The third-order valence-corrected chi connectivity index (χ3v) is 2.44. The van der Waals surface area contributed by atoms with Crippen LogP contribution in [0, 0.1) is 0 Å². The molecule has 0 bridgehead atoms. The highest BCUT2D eigenvalue weighted by Crippen LogP contribution is 2.25. The molecule has 0 aliphatic heterocycles. The zero-order valence-corrected chi connectivity index (χ0v) is 8.62. The number of ether oxygens (including phenoxy) is 1. The van der Waals surface area contributed by atoms with Gasteiger partial charge >= 0.3 is 0 Å². The molecule has 0 spiro atoms. The smallest absolute Gasteiger partial charge is 0.122 e. The molecule has 2 rings (SSSR count). The predicted octanol–water partition coefficient (Wildman–Crippen LogP) is 1.61. The predicted molar refractivity (Wildman–Crippen MR) is 58.7 cm³/mol. The summed E-state index contributed by atoms with van der Waals surface area (Å²) in [5.74, 6) is 5.89. The van der Waals surface area contributed by atoms with Gasteiger partial charge in [-0.1, -0.05) is 0 Å². The van der Waals surface area contributed by atoms with Gasteiger partial charge in [0.15, 0.2) is 0 Å². The van der Waals surface area contributed by atoms with Gasteiger partial charge in [-0.3, -0.25) is 0 Å². The van der Waals surface area contributed by atoms with Crippen LogP contribution in [-0.4, -0.2) is 18.7 Å². The number of benzene rings is 1. The highest BCUT2D eigenvalue weighted by atomic mass is 16.6. The average Bonchev–Trinajstić information content (AvgIpc) is 2.71. The molecule has 0 aliphatic rings. The number of hydrogen-bond acceptors (Lipinski definition) is 3. The van der Waals surface area contributed by atoms with Crippen LogP contribution in [0.5, 0.6) is 5.75 Å². The number of nitrogens with two attached hydrogens (primary N) is 1. The molecule has 0 unspecified atom stereocenters. The van der Waals surface area contributed by atoms with E-state index in [4.69, 9.17) is 10.6 Å². The number of hydrogen-bond donors (Lipinski definition) is 2. The van der Waals surface area contributed by atoms with Crippen LogP contribution in [0.2, 0.25) is 0 Å². The van der Waals surface area contributed by atoms with Gasteiger partial charge in [0.05, 0.1) is 13.7 Å². The van der Waals surface area contributed by atoms with Gasteiger partial charge in [0.2, 0.25) is 0 Å². The van der Waals surface area contributed by atoms with Crippen LogP contribution in [0.1, 0.15) is 5.56 Å². The van der Waals surface area contributed by atoms with E-state index in [2.05, 4.69) is 15.9 Å². The summed E-state index contributed by atoms with van der Waals surface area (Å²) in [6, 6.07) is 6.09. The first-order valence-corrected chi connectivity index (χ1v) is 4.81. The molecule has 1 heterocycles. The van der Waals surface area contributed by atoms with E-state index < -0.39 is 0 Å². The monoisotopic (exact) mass is 206 g/mol. The maximum Gasteiger partial charge on any atom is 0.122 e. The third kappa shape index (κ3) is 1.95. The fraction of sp³-hybridized carbons (Fsp3) is 0.273. The molecule has 0 radical (unpaired) electrons. The first-order chi connectivity index (χ1) is 7.35. The fourth-order valence-corrected chi connectivity index (χ4v) is 1.68. The first kappa shape index (κ1) is 10.0. The van der Waals surface area contributed by atoms with Crippen molar-refractivity contribution in [2.45, 2.75) is 6.42 Å². The van der Waals surface area contributed by atoms with E-state index in [1.165, 1.54) is 0 Å². The van der Waals surface area contributed by atoms with Crippen molar-refractivity contribution in [1.29, 1.82) is 0 Å². The number of aromatic amines is 1. The Hall–Kier alpha value is -1.52. The van der Waals surface area contributed by atoms with Crippen molar-refractivity contribution in [3.8, 4) is 5.75 Å². The van der Waals surface area contributed by atoms with Crippen LogP contribution in [0.25, 0.3) is 10.9 Å². The molecule has 15 heavy (non-hydrogen) atoms. The van der Waals surface area contributed by atoms with Gasteiger partial charge in [-0.05, 0) is 23.8 Å². The third-order valence-electron chi connectivity index (χ3n) is 2.44. The summed E-state index contributed by atoms with van der Waals surface area (Å²) in [5.41, 5.74) is 2.20. The lowest BCUT2D eigenvalue weighted by Gasteiger charge is -2.08. The van der Waals surface area contributed by atoms with Gasteiger partial charge in [-0.2, -0.15) is 0 Å². The Morgan fingerprint density at radius 2 is 2.27 bits per heavy atom. The van der Waals surface area contributed by atoms with Crippen molar-refractivity contribution in [3.05, 3.63) is 30.0 Å². The molecule has 0 aliphatic carbocycles. The molecule has 0 atom stereocenters. The molecule has 1 aromatic carbocycles. The van der Waals surface area contributed by atoms with E-state index in [1.807, 2.05) is 18.3 Å². The molecule has 4 nitrogen and oxygen atoms in total. The minimum Gasteiger partial charge on any atom is -0.496 e. The lowest BCUT2D eigenvalue weighted by Crippen LogP contribution is -2.04. The van der Waals surface area contributed by atoms with Gasteiger partial charge in [0.25, 0.3) is 0 Å².